The molecule has 1 amide bonds. The van der Waals surface area contributed by atoms with E-state index in [1.54, 1.807) is 18.3 Å². The van der Waals surface area contributed by atoms with Gasteiger partial charge in [0.05, 0.1) is 23.9 Å². The smallest absolute Gasteiger partial charge is 0.244 e. The van der Waals surface area contributed by atoms with Gasteiger partial charge < -0.3 is 14.5 Å². The first kappa shape index (κ1) is 18.0. The Morgan fingerprint density at radius 3 is 2.96 bits per heavy atom. The summed E-state index contributed by atoms with van der Waals surface area (Å²) in [6, 6.07) is 11.3. The summed E-state index contributed by atoms with van der Waals surface area (Å²) in [5.74, 6) is 0.584. The van der Waals surface area contributed by atoms with Gasteiger partial charge in [-0.05, 0) is 30.7 Å². The summed E-state index contributed by atoms with van der Waals surface area (Å²) in [6.45, 7) is 3.05. The molecule has 0 radical (unpaired) electrons. The van der Waals surface area contributed by atoms with Crippen LogP contribution in [0.4, 0.5) is 0 Å². The maximum atomic E-state index is 12.1. The number of imidazole rings is 1. The minimum absolute atomic E-state index is 0.189. The Hall–Kier alpha value is -2.79. The van der Waals surface area contributed by atoms with Gasteiger partial charge in [0.25, 0.3) is 0 Å². The molecule has 0 spiro atoms. The van der Waals surface area contributed by atoms with Gasteiger partial charge in [-0.25, -0.2) is 4.98 Å². The Morgan fingerprint density at radius 2 is 2.12 bits per heavy atom. The largest absolute Gasteiger partial charge is 0.493 e. The molecule has 2 heterocycles. The maximum absolute atomic E-state index is 12.1. The molecule has 0 saturated carbocycles. The van der Waals surface area contributed by atoms with Gasteiger partial charge in [0.2, 0.25) is 5.91 Å². The molecule has 1 N–H and O–H groups in total. The van der Waals surface area contributed by atoms with Gasteiger partial charge in [-0.3, -0.25) is 4.79 Å². The molecule has 0 fully saturated rings. The highest BCUT2D eigenvalue weighted by atomic mass is 35.5. The van der Waals surface area contributed by atoms with E-state index in [-0.39, 0.29) is 5.91 Å². The molecule has 0 aliphatic carbocycles. The lowest BCUT2D eigenvalue weighted by Gasteiger charge is -2.07. The first-order valence-corrected chi connectivity index (χ1v) is 8.84. The highest BCUT2D eigenvalue weighted by Crippen LogP contribution is 2.19. The van der Waals surface area contributed by atoms with Crippen LogP contribution in [-0.2, 0) is 11.3 Å². The van der Waals surface area contributed by atoms with Crippen LogP contribution in [0, 0.1) is 0 Å². The topological polar surface area (TPSA) is 55.6 Å². The molecule has 26 heavy (non-hydrogen) atoms. The number of fused-ring (bicyclic) bond motifs is 1. The molecular weight excluding hydrogens is 350 g/mol. The quantitative estimate of drug-likeness (QED) is 0.638. The Bertz CT molecular complexity index is 934. The van der Waals surface area contributed by atoms with Crippen LogP contribution in [0.2, 0.25) is 5.02 Å². The van der Waals surface area contributed by atoms with Crippen LogP contribution in [0.1, 0.15) is 24.6 Å². The third-order valence-electron chi connectivity index (χ3n) is 3.70. The molecule has 0 aliphatic rings. The fraction of sp³-hybridized carbons (Fsp3) is 0.200. The minimum atomic E-state index is -0.189. The lowest BCUT2D eigenvalue weighted by molar-refractivity contribution is -0.116. The number of nitrogens with zero attached hydrogens (tertiary/aromatic N) is 2. The Kier molecular flexibility index (Phi) is 5.92. The fourth-order valence-electron chi connectivity index (χ4n) is 2.47. The van der Waals surface area contributed by atoms with Crippen molar-refractivity contribution in [2.75, 3.05) is 6.61 Å². The number of hydrogen-bond acceptors (Lipinski definition) is 3. The summed E-state index contributed by atoms with van der Waals surface area (Å²) in [5.41, 5.74) is 2.43. The highest BCUT2D eigenvalue weighted by molar-refractivity contribution is 6.30. The first-order valence-electron chi connectivity index (χ1n) is 8.46. The number of amides is 1. The average molecular weight is 370 g/mol. The molecule has 0 bridgehead atoms. The SMILES string of the molecule is CCCOc1ccccc1/C=C/C(=O)NCc1cn2cc(Cl)ccc2n1. The molecular formula is C20H20ClN3O2. The van der Waals surface area contributed by atoms with Crippen molar-refractivity contribution in [1.29, 1.82) is 0 Å². The predicted molar refractivity (Wildman–Crippen MR) is 103 cm³/mol. The zero-order chi connectivity index (χ0) is 18.4. The summed E-state index contributed by atoms with van der Waals surface area (Å²) in [5, 5.41) is 3.47. The molecule has 3 aromatic rings. The van der Waals surface area contributed by atoms with Gasteiger partial charge in [-0.2, -0.15) is 0 Å². The minimum Gasteiger partial charge on any atom is -0.493 e. The number of rotatable bonds is 7. The van der Waals surface area contributed by atoms with Crippen molar-refractivity contribution in [3.05, 3.63) is 71.1 Å². The summed E-state index contributed by atoms with van der Waals surface area (Å²) in [4.78, 5) is 16.5. The number of aromatic nitrogens is 2. The maximum Gasteiger partial charge on any atom is 0.244 e. The zero-order valence-corrected chi connectivity index (χ0v) is 15.2. The number of carbonyl (C=O) groups excluding carboxylic acids is 1. The summed E-state index contributed by atoms with van der Waals surface area (Å²) in [6.07, 6.45) is 7.81. The van der Waals surface area contributed by atoms with Gasteiger partial charge in [0.1, 0.15) is 11.4 Å². The average Bonchev–Trinajstić information content (AvgIpc) is 3.05. The monoisotopic (exact) mass is 369 g/mol. The van der Waals surface area contributed by atoms with Crippen molar-refractivity contribution in [1.82, 2.24) is 14.7 Å². The van der Waals surface area contributed by atoms with E-state index in [1.165, 1.54) is 6.08 Å². The van der Waals surface area contributed by atoms with Crippen LogP contribution in [0.15, 0.2) is 54.9 Å². The number of para-hydroxylation sites is 1. The van der Waals surface area contributed by atoms with Crippen LogP contribution >= 0.6 is 11.6 Å². The van der Waals surface area contributed by atoms with E-state index in [0.29, 0.717) is 18.2 Å². The van der Waals surface area contributed by atoms with Crippen LogP contribution < -0.4 is 10.1 Å². The number of benzene rings is 1. The van der Waals surface area contributed by atoms with Crippen LogP contribution in [0.5, 0.6) is 5.75 Å². The third kappa shape index (κ3) is 4.64. The van der Waals surface area contributed by atoms with Gasteiger partial charge in [-0.1, -0.05) is 36.7 Å². The van der Waals surface area contributed by atoms with Crippen molar-refractivity contribution in [3.63, 3.8) is 0 Å². The normalized spacial score (nSPS) is 11.2. The lowest BCUT2D eigenvalue weighted by atomic mass is 10.2. The molecule has 0 saturated heterocycles. The van der Waals surface area contributed by atoms with Crippen LogP contribution in [-0.4, -0.2) is 21.9 Å². The standard InChI is InChI=1S/C20H20ClN3O2/c1-2-11-26-18-6-4-3-5-15(18)7-10-20(25)22-12-17-14-24-13-16(21)8-9-19(24)23-17/h3-10,13-14H,2,11-12H2,1H3,(H,22,25)/b10-7+. The van der Waals surface area contributed by atoms with Gasteiger partial charge >= 0.3 is 0 Å². The van der Waals surface area contributed by atoms with Crippen molar-refractivity contribution >= 4 is 29.2 Å². The lowest BCUT2D eigenvalue weighted by Crippen LogP contribution is -2.20. The van der Waals surface area contributed by atoms with Crippen molar-refractivity contribution in [2.45, 2.75) is 19.9 Å². The Morgan fingerprint density at radius 1 is 1.27 bits per heavy atom. The van der Waals surface area contributed by atoms with Gasteiger partial charge in [0, 0.05) is 24.0 Å². The van der Waals surface area contributed by atoms with E-state index in [1.807, 2.05) is 40.9 Å². The van der Waals surface area contributed by atoms with Crippen LogP contribution in [0.25, 0.3) is 11.7 Å². The zero-order valence-electron chi connectivity index (χ0n) is 14.5. The number of carbonyl (C=O) groups is 1. The number of ether oxygens (including phenoxy) is 1. The van der Waals surface area contributed by atoms with Crippen LogP contribution in [0.3, 0.4) is 0 Å². The van der Waals surface area contributed by atoms with E-state index >= 15 is 0 Å². The number of pyridine rings is 1. The van der Waals surface area contributed by atoms with Crippen molar-refractivity contribution in [2.24, 2.45) is 0 Å². The second-order valence-electron chi connectivity index (χ2n) is 5.78. The van der Waals surface area contributed by atoms with Crippen molar-refractivity contribution < 1.29 is 9.53 Å². The van der Waals surface area contributed by atoms with E-state index in [0.717, 1.165) is 29.1 Å². The number of hydrogen-bond donors (Lipinski definition) is 1. The molecule has 0 atom stereocenters. The van der Waals surface area contributed by atoms with E-state index in [2.05, 4.69) is 17.2 Å². The predicted octanol–water partition coefficient (Wildman–Crippen LogP) is 4.11. The molecule has 0 unspecified atom stereocenters. The molecule has 0 aliphatic heterocycles. The van der Waals surface area contributed by atoms with Gasteiger partial charge in [-0.15, -0.1) is 0 Å². The van der Waals surface area contributed by atoms with Gasteiger partial charge in [0.15, 0.2) is 0 Å². The molecule has 5 nitrogen and oxygen atoms in total. The van der Waals surface area contributed by atoms with E-state index < -0.39 is 0 Å². The number of nitrogens with one attached hydrogen (secondary N) is 1. The molecule has 2 aromatic heterocycles. The third-order valence-corrected chi connectivity index (χ3v) is 3.93. The first-order chi connectivity index (χ1) is 12.7. The summed E-state index contributed by atoms with van der Waals surface area (Å²) < 4.78 is 7.52. The Balaban J connectivity index is 1.60. The Labute approximate surface area is 157 Å². The van der Waals surface area contributed by atoms with E-state index in [4.69, 9.17) is 16.3 Å². The van der Waals surface area contributed by atoms with E-state index in [9.17, 15) is 4.79 Å². The summed E-state index contributed by atoms with van der Waals surface area (Å²) in [7, 11) is 0. The number of halogens is 1. The second kappa shape index (κ2) is 8.54. The molecule has 134 valence electrons. The highest BCUT2D eigenvalue weighted by Gasteiger charge is 2.04. The molecule has 1 aromatic carbocycles. The molecule has 3 rings (SSSR count). The fourth-order valence-corrected chi connectivity index (χ4v) is 2.63. The molecule has 6 heteroatoms. The summed E-state index contributed by atoms with van der Waals surface area (Å²) >= 11 is 5.96. The van der Waals surface area contributed by atoms with Crippen molar-refractivity contribution in [3.8, 4) is 5.75 Å². The second-order valence-corrected chi connectivity index (χ2v) is 6.22.